The van der Waals surface area contributed by atoms with Gasteiger partial charge in [-0.2, -0.15) is 0 Å². The average Bonchev–Trinajstić information content (AvgIpc) is 2.72. The second-order valence-electron chi connectivity index (χ2n) is 6.14. The summed E-state index contributed by atoms with van der Waals surface area (Å²) >= 11 is 0. The Bertz CT molecular complexity index is 790. The molecule has 1 atom stereocenters. The highest BCUT2D eigenvalue weighted by atomic mass is 16.5. The third kappa shape index (κ3) is 7.11. The van der Waals surface area contributed by atoms with Crippen LogP contribution in [0.4, 0.5) is 5.69 Å². The molecule has 0 heterocycles. The molecule has 28 heavy (non-hydrogen) atoms. The summed E-state index contributed by atoms with van der Waals surface area (Å²) in [6.07, 6.45) is -0.142. The van der Waals surface area contributed by atoms with Crippen molar-refractivity contribution in [1.82, 2.24) is 5.32 Å². The number of hydrogen-bond donors (Lipinski definition) is 2. The minimum absolute atomic E-state index is 0.0348. The minimum Gasteiger partial charge on any atom is -0.497 e. The van der Waals surface area contributed by atoms with Crippen molar-refractivity contribution in [2.24, 2.45) is 0 Å². The second-order valence-corrected chi connectivity index (χ2v) is 6.14. The summed E-state index contributed by atoms with van der Waals surface area (Å²) in [4.78, 5) is 35.5. The Kier molecular flexibility index (Phi) is 8.02. The Labute approximate surface area is 164 Å². The van der Waals surface area contributed by atoms with E-state index in [0.29, 0.717) is 11.4 Å². The summed E-state index contributed by atoms with van der Waals surface area (Å²) in [5.74, 6) is -0.634. The molecule has 0 aliphatic carbocycles. The Morgan fingerprint density at radius 1 is 0.929 bits per heavy atom. The smallest absolute Gasteiger partial charge is 0.306 e. The Hall–Kier alpha value is -3.35. The van der Waals surface area contributed by atoms with Crippen LogP contribution in [-0.2, 0) is 19.1 Å². The van der Waals surface area contributed by atoms with E-state index in [2.05, 4.69) is 10.6 Å². The first-order valence-corrected chi connectivity index (χ1v) is 8.91. The minimum atomic E-state index is -0.604. The van der Waals surface area contributed by atoms with Crippen molar-refractivity contribution in [3.8, 4) is 5.75 Å². The van der Waals surface area contributed by atoms with Gasteiger partial charge in [0.1, 0.15) is 5.75 Å². The molecule has 0 spiro atoms. The zero-order chi connectivity index (χ0) is 20.4. The van der Waals surface area contributed by atoms with Gasteiger partial charge < -0.3 is 20.1 Å². The zero-order valence-corrected chi connectivity index (χ0v) is 15.9. The number of methoxy groups -OCH3 is 1. The number of hydrogen-bond acceptors (Lipinski definition) is 5. The van der Waals surface area contributed by atoms with Crippen molar-refractivity contribution in [2.75, 3.05) is 19.0 Å². The van der Waals surface area contributed by atoms with Crippen LogP contribution in [0.5, 0.6) is 5.75 Å². The van der Waals surface area contributed by atoms with Gasteiger partial charge in [0.25, 0.3) is 5.91 Å². The molecule has 0 saturated heterocycles. The van der Waals surface area contributed by atoms with Gasteiger partial charge in [-0.3, -0.25) is 14.4 Å². The highest BCUT2D eigenvalue weighted by Crippen LogP contribution is 2.15. The van der Waals surface area contributed by atoms with Crippen molar-refractivity contribution in [3.63, 3.8) is 0 Å². The molecule has 0 aliphatic heterocycles. The summed E-state index contributed by atoms with van der Waals surface area (Å²) in [5.41, 5.74) is 1.56. The maximum absolute atomic E-state index is 11.9. The van der Waals surface area contributed by atoms with Crippen LogP contribution in [0.1, 0.15) is 31.4 Å². The molecule has 0 aliphatic rings. The predicted molar refractivity (Wildman–Crippen MR) is 105 cm³/mol. The highest BCUT2D eigenvalue weighted by Gasteiger charge is 2.13. The molecule has 7 nitrogen and oxygen atoms in total. The number of carbonyl (C=O) groups is 3. The monoisotopic (exact) mass is 384 g/mol. The quantitative estimate of drug-likeness (QED) is 0.649. The number of ether oxygens (including phenoxy) is 2. The lowest BCUT2D eigenvalue weighted by Crippen LogP contribution is -2.31. The molecule has 2 aromatic carbocycles. The number of esters is 1. The highest BCUT2D eigenvalue weighted by molar-refractivity contribution is 5.92. The van der Waals surface area contributed by atoms with Crippen LogP contribution in [0.3, 0.4) is 0 Å². The van der Waals surface area contributed by atoms with Crippen LogP contribution in [0, 0.1) is 0 Å². The normalized spacial score (nSPS) is 11.2. The Balaban J connectivity index is 1.66. The van der Waals surface area contributed by atoms with Gasteiger partial charge in [-0.1, -0.05) is 30.3 Å². The summed E-state index contributed by atoms with van der Waals surface area (Å²) in [7, 11) is 1.56. The molecule has 0 saturated carbocycles. The van der Waals surface area contributed by atoms with Crippen LogP contribution in [-0.4, -0.2) is 31.5 Å². The van der Waals surface area contributed by atoms with Crippen molar-refractivity contribution < 1.29 is 23.9 Å². The lowest BCUT2D eigenvalue weighted by Gasteiger charge is -2.14. The molecule has 2 N–H and O–H groups in total. The van der Waals surface area contributed by atoms with Crippen molar-refractivity contribution in [2.45, 2.75) is 25.8 Å². The summed E-state index contributed by atoms with van der Waals surface area (Å²) in [6, 6.07) is 16.1. The molecule has 2 amide bonds. The van der Waals surface area contributed by atoms with E-state index in [-0.39, 0.29) is 31.4 Å². The fourth-order valence-corrected chi connectivity index (χ4v) is 2.44. The van der Waals surface area contributed by atoms with Crippen molar-refractivity contribution in [3.05, 3.63) is 60.2 Å². The molecule has 0 unspecified atom stereocenters. The Morgan fingerprint density at radius 3 is 2.25 bits per heavy atom. The maximum atomic E-state index is 11.9. The number of amides is 2. The van der Waals surface area contributed by atoms with Gasteiger partial charge in [0.05, 0.1) is 19.6 Å². The lowest BCUT2D eigenvalue weighted by molar-refractivity contribution is -0.149. The van der Waals surface area contributed by atoms with Crippen LogP contribution in [0.15, 0.2) is 54.6 Å². The second kappa shape index (κ2) is 10.7. The number of nitrogens with one attached hydrogen (secondary N) is 2. The molecule has 0 radical (unpaired) electrons. The van der Waals surface area contributed by atoms with Crippen LogP contribution < -0.4 is 15.4 Å². The fraction of sp³-hybridized carbons (Fsp3) is 0.286. The molecule has 0 fully saturated rings. The van der Waals surface area contributed by atoms with Gasteiger partial charge in [0.15, 0.2) is 6.61 Å². The lowest BCUT2D eigenvalue weighted by atomic mass is 10.1. The van der Waals surface area contributed by atoms with Crippen LogP contribution in [0.25, 0.3) is 0 Å². The number of rotatable bonds is 9. The largest absolute Gasteiger partial charge is 0.497 e. The SMILES string of the molecule is COc1ccc(NC(=O)CCC(=O)OCC(=O)N[C@H](C)c2ccccc2)cc1. The van der Waals surface area contributed by atoms with E-state index in [1.807, 2.05) is 37.3 Å². The molecule has 148 valence electrons. The first kappa shape index (κ1) is 21.0. The summed E-state index contributed by atoms with van der Waals surface area (Å²) in [5, 5.41) is 5.43. The summed E-state index contributed by atoms with van der Waals surface area (Å²) in [6.45, 7) is 1.47. The predicted octanol–water partition coefficient (Wildman–Crippen LogP) is 2.83. The maximum Gasteiger partial charge on any atom is 0.306 e. The van der Waals surface area contributed by atoms with Gasteiger partial charge >= 0.3 is 5.97 Å². The van der Waals surface area contributed by atoms with Gasteiger partial charge in [-0.15, -0.1) is 0 Å². The molecule has 7 heteroatoms. The van der Waals surface area contributed by atoms with E-state index < -0.39 is 11.9 Å². The molecule has 2 aromatic rings. The van der Waals surface area contributed by atoms with E-state index in [1.165, 1.54) is 0 Å². The summed E-state index contributed by atoms with van der Waals surface area (Å²) < 4.78 is 9.97. The molecular formula is C21H24N2O5. The number of carbonyl (C=O) groups excluding carboxylic acids is 3. The van der Waals surface area contributed by atoms with E-state index in [0.717, 1.165) is 5.56 Å². The van der Waals surface area contributed by atoms with Crippen LogP contribution >= 0.6 is 0 Å². The van der Waals surface area contributed by atoms with E-state index in [1.54, 1.807) is 31.4 Å². The molecular weight excluding hydrogens is 360 g/mol. The van der Waals surface area contributed by atoms with E-state index in [9.17, 15) is 14.4 Å². The fourth-order valence-electron chi connectivity index (χ4n) is 2.44. The van der Waals surface area contributed by atoms with Gasteiger partial charge in [-0.05, 0) is 36.8 Å². The van der Waals surface area contributed by atoms with Crippen molar-refractivity contribution in [1.29, 1.82) is 0 Å². The standard InChI is InChI=1S/C21H24N2O5/c1-15(16-6-4-3-5-7-16)22-20(25)14-28-21(26)13-12-19(24)23-17-8-10-18(27-2)11-9-17/h3-11,15H,12-14H2,1-2H3,(H,22,25)(H,23,24)/t15-/m1/s1. The molecule has 0 aromatic heterocycles. The van der Waals surface area contributed by atoms with E-state index in [4.69, 9.17) is 9.47 Å². The first-order chi connectivity index (χ1) is 13.5. The third-order valence-electron chi connectivity index (χ3n) is 3.97. The molecule has 2 rings (SSSR count). The van der Waals surface area contributed by atoms with E-state index >= 15 is 0 Å². The van der Waals surface area contributed by atoms with Gasteiger partial charge in [0, 0.05) is 12.1 Å². The number of benzene rings is 2. The first-order valence-electron chi connectivity index (χ1n) is 8.91. The van der Waals surface area contributed by atoms with Gasteiger partial charge in [-0.25, -0.2) is 0 Å². The molecule has 0 bridgehead atoms. The van der Waals surface area contributed by atoms with Crippen LogP contribution in [0.2, 0.25) is 0 Å². The zero-order valence-electron chi connectivity index (χ0n) is 15.9. The van der Waals surface area contributed by atoms with Crippen molar-refractivity contribution >= 4 is 23.5 Å². The topological polar surface area (TPSA) is 93.7 Å². The Morgan fingerprint density at radius 2 is 1.61 bits per heavy atom. The average molecular weight is 384 g/mol. The number of anilines is 1. The third-order valence-corrected chi connectivity index (χ3v) is 3.97. The van der Waals surface area contributed by atoms with Gasteiger partial charge in [0.2, 0.25) is 5.91 Å².